The molecule has 0 aliphatic heterocycles. The van der Waals surface area contributed by atoms with Gasteiger partial charge in [-0.2, -0.15) is 0 Å². The normalized spacial score (nSPS) is 24.4. The lowest BCUT2D eigenvalue weighted by molar-refractivity contribution is 0.274. The first-order valence-electron chi connectivity index (χ1n) is 7.90. The lowest BCUT2D eigenvalue weighted by atomic mass is 9.82. The van der Waals surface area contributed by atoms with Crippen LogP contribution >= 0.6 is 0 Å². The highest BCUT2D eigenvalue weighted by Gasteiger charge is 2.24. The summed E-state index contributed by atoms with van der Waals surface area (Å²) in [7, 11) is 0. The summed E-state index contributed by atoms with van der Waals surface area (Å²) in [4.78, 5) is 0. The molecule has 1 N–H and O–H groups in total. The highest BCUT2D eigenvalue weighted by Crippen LogP contribution is 2.28. The Bertz CT molecular complexity index is 361. The lowest BCUT2D eigenvalue weighted by Crippen LogP contribution is -2.41. The van der Waals surface area contributed by atoms with Crippen molar-refractivity contribution in [2.75, 3.05) is 6.54 Å². The van der Waals surface area contributed by atoms with Crippen molar-refractivity contribution in [2.24, 2.45) is 5.92 Å². The van der Waals surface area contributed by atoms with Crippen LogP contribution in [0, 0.1) is 5.92 Å². The Labute approximate surface area is 118 Å². The second-order valence-corrected chi connectivity index (χ2v) is 6.76. The second-order valence-electron chi connectivity index (χ2n) is 6.76. The molecule has 0 aromatic heterocycles. The maximum absolute atomic E-state index is 3.80. The first kappa shape index (κ1) is 14.6. The molecule has 0 bridgehead atoms. The highest BCUT2D eigenvalue weighted by molar-refractivity contribution is 5.23. The van der Waals surface area contributed by atoms with Crippen LogP contribution in [0.3, 0.4) is 0 Å². The van der Waals surface area contributed by atoms with E-state index in [1.807, 2.05) is 0 Å². The average molecular weight is 259 g/mol. The summed E-state index contributed by atoms with van der Waals surface area (Å²) < 4.78 is 0. The zero-order valence-corrected chi connectivity index (χ0v) is 12.8. The molecule has 0 unspecified atom stereocenters. The van der Waals surface area contributed by atoms with E-state index in [-0.39, 0.29) is 5.41 Å². The summed E-state index contributed by atoms with van der Waals surface area (Å²) in [5, 5.41) is 3.80. The third-order valence-corrected chi connectivity index (χ3v) is 4.81. The van der Waals surface area contributed by atoms with Crippen LogP contribution in [0.5, 0.6) is 0 Å². The van der Waals surface area contributed by atoms with Gasteiger partial charge in [-0.1, -0.05) is 57.5 Å². The van der Waals surface area contributed by atoms with Gasteiger partial charge in [-0.15, -0.1) is 0 Å². The molecule has 1 aliphatic carbocycles. The molecule has 1 heteroatoms. The van der Waals surface area contributed by atoms with Crippen molar-refractivity contribution in [2.45, 2.75) is 64.3 Å². The zero-order valence-electron chi connectivity index (χ0n) is 12.8. The summed E-state index contributed by atoms with van der Waals surface area (Å²) in [5.41, 5.74) is 1.66. The molecule has 1 nitrogen and oxygen atoms in total. The Kier molecular flexibility index (Phi) is 5.04. The van der Waals surface area contributed by atoms with Crippen LogP contribution in [0.15, 0.2) is 30.3 Å². The highest BCUT2D eigenvalue weighted by atomic mass is 14.9. The molecule has 2 rings (SSSR count). The van der Waals surface area contributed by atoms with E-state index in [1.165, 1.54) is 37.7 Å². The van der Waals surface area contributed by atoms with Crippen LogP contribution in [0.2, 0.25) is 0 Å². The van der Waals surface area contributed by atoms with Crippen LogP contribution in [-0.2, 0) is 5.41 Å². The van der Waals surface area contributed by atoms with Crippen molar-refractivity contribution in [1.82, 2.24) is 5.32 Å². The standard InChI is InChI=1S/C18H29N/c1-4-15-10-12-17(13-11-15)19-14-18(2,3)16-8-6-5-7-9-16/h5-9,15,17,19H,4,10-14H2,1-3H3. The second kappa shape index (κ2) is 6.56. The molecule has 0 atom stereocenters. The van der Waals surface area contributed by atoms with Crippen molar-refractivity contribution < 1.29 is 0 Å². The van der Waals surface area contributed by atoms with E-state index in [4.69, 9.17) is 0 Å². The van der Waals surface area contributed by atoms with Gasteiger partial charge < -0.3 is 5.32 Å². The number of rotatable bonds is 5. The van der Waals surface area contributed by atoms with E-state index in [2.05, 4.69) is 56.4 Å². The maximum atomic E-state index is 3.80. The van der Waals surface area contributed by atoms with Crippen molar-refractivity contribution in [3.63, 3.8) is 0 Å². The molecule has 106 valence electrons. The minimum absolute atomic E-state index is 0.225. The van der Waals surface area contributed by atoms with Gasteiger partial charge in [0.2, 0.25) is 0 Å². The van der Waals surface area contributed by atoms with E-state index < -0.39 is 0 Å². The molecule has 0 saturated heterocycles. The molecular weight excluding hydrogens is 230 g/mol. The average Bonchev–Trinajstić information content (AvgIpc) is 2.47. The minimum Gasteiger partial charge on any atom is -0.313 e. The SMILES string of the molecule is CCC1CCC(NCC(C)(C)c2ccccc2)CC1. The van der Waals surface area contributed by atoms with Gasteiger partial charge in [0.25, 0.3) is 0 Å². The van der Waals surface area contributed by atoms with E-state index in [1.54, 1.807) is 0 Å². The van der Waals surface area contributed by atoms with Gasteiger partial charge in [0, 0.05) is 18.0 Å². The third kappa shape index (κ3) is 4.07. The van der Waals surface area contributed by atoms with E-state index >= 15 is 0 Å². The van der Waals surface area contributed by atoms with Crippen molar-refractivity contribution >= 4 is 0 Å². The molecule has 1 aromatic rings. The van der Waals surface area contributed by atoms with E-state index in [0.29, 0.717) is 0 Å². The van der Waals surface area contributed by atoms with E-state index in [9.17, 15) is 0 Å². The fourth-order valence-electron chi connectivity index (χ4n) is 3.17. The number of benzene rings is 1. The number of nitrogens with one attached hydrogen (secondary N) is 1. The smallest absolute Gasteiger partial charge is 0.00676 e. The summed E-state index contributed by atoms with van der Waals surface area (Å²) in [5.74, 6) is 0.986. The minimum atomic E-state index is 0.225. The molecule has 1 fully saturated rings. The molecule has 0 heterocycles. The summed E-state index contributed by atoms with van der Waals surface area (Å²) in [6.07, 6.45) is 6.93. The van der Waals surface area contributed by atoms with Gasteiger partial charge in [-0.25, -0.2) is 0 Å². The fourth-order valence-corrected chi connectivity index (χ4v) is 3.17. The van der Waals surface area contributed by atoms with Gasteiger partial charge in [0.05, 0.1) is 0 Å². The summed E-state index contributed by atoms with van der Waals surface area (Å²) in [6.45, 7) is 8.09. The first-order valence-corrected chi connectivity index (χ1v) is 7.90. The molecular formula is C18H29N. The molecule has 1 aliphatic rings. The summed E-state index contributed by atoms with van der Waals surface area (Å²) >= 11 is 0. The number of hydrogen-bond acceptors (Lipinski definition) is 1. The van der Waals surface area contributed by atoms with Crippen molar-refractivity contribution in [3.05, 3.63) is 35.9 Å². The monoisotopic (exact) mass is 259 g/mol. The van der Waals surface area contributed by atoms with E-state index in [0.717, 1.165) is 18.5 Å². The van der Waals surface area contributed by atoms with Gasteiger partial charge in [0.1, 0.15) is 0 Å². The van der Waals surface area contributed by atoms with Gasteiger partial charge in [0.15, 0.2) is 0 Å². The lowest BCUT2D eigenvalue weighted by Gasteiger charge is -2.33. The van der Waals surface area contributed by atoms with Crippen LogP contribution in [-0.4, -0.2) is 12.6 Å². The third-order valence-electron chi connectivity index (χ3n) is 4.81. The maximum Gasteiger partial charge on any atom is 0.00676 e. The predicted octanol–water partition coefficient (Wildman–Crippen LogP) is 4.52. The van der Waals surface area contributed by atoms with Crippen LogP contribution < -0.4 is 5.32 Å². The van der Waals surface area contributed by atoms with Gasteiger partial charge >= 0.3 is 0 Å². The van der Waals surface area contributed by atoms with Crippen molar-refractivity contribution in [3.8, 4) is 0 Å². The fraction of sp³-hybridized carbons (Fsp3) is 0.667. The first-order chi connectivity index (χ1) is 9.12. The largest absolute Gasteiger partial charge is 0.313 e. The molecule has 19 heavy (non-hydrogen) atoms. The summed E-state index contributed by atoms with van der Waals surface area (Å²) in [6, 6.07) is 11.6. The van der Waals surface area contributed by atoms with Crippen LogP contribution in [0.25, 0.3) is 0 Å². The Morgan fingerprint density at radius 2 is 1.68 bits per heavy atom. The Morgan fingerprint density at radius 3 is 2.26 bits per heavy atom. The molecule has 1 aromatic carbocycles. The zero-order chi connectivity index (χ0) is 13.7. The van der Waals surface area contributed by atoms with Crippen molar-refractivity contribution in [1.29, 1.82) is 0 Å². The predicted molar refractivity (Wildman–Crippen MR) is 83.5 cm³/mol. The topological polar surface area (TPSA) is 12.0 Å². The quantitative estimate of drug-likeness (QED) is 0.819. The molecule has 1 saturated carbocycles. The molecule has 0 spiro atoms. The Balaban J connectivity index is 1.82. The Morgan fingerprint density at radius 1 is 1.05 bits per heavy atom. The van der Waals surface area contributed by atoms with Crippen LogP contribution in [0.1, 0.15) is 58.4 Å². The van der Waals surface area contributed by atoms with Gasteiger partial charge in [-0.3, -0.25) is 0 Å². The molecule has 0 radical (unpaired) electrons. The van der Waals surface area contributed by atoms with Gasteiger partial charge in [-0.05, 0) is 37.2 Å². The van der Waals surface area contributed by atoms with Crippen LogP contribution in [0.4, 0.5) is 0 Å². The molecule has 0 amide bonds. The number of hydrogen-bond donors (Lipinski definition) is 1. The Hall–Kier alpha value is -0.820.